The minimum Gasteiger partial charge on any atom is -0.368 e. The summed E-state index contributed by atoms with van der Waals surface area (Å²) in [5, 5.41) is 0. The quantitative estimate of drug-likeness (QED) is 0.400. The minimum atomic E-state index is -0.583. The van der Waals surface area contributed by atoms with Crippen LogP contribution in [-0.4, -0.2) is 22.8 Å². The van der Waals surface area contributed by atoms with Crippen molar-refractivity contribution in [1.29, 1.82) is 0 Å². The summed E-state index contributed by atoms with van der Waals surface area (Å²) in [6.07, 6.45) is 0.482. The first-order valence-corrected chi connectivity index (χ1v) is 9.86. The van der Waals surface area contributed by atoms with Crippen molar-refractivity contribution < 1.29 is 9.59 Å². The Morgan fingerprint density at radius 1 is 1.18 bits per heavy atom. The molecule has 4 nitrogen and oxygen atoms in total. The zero-order chi connectivity index (χ0) is 16.6. The number of hydrogen-bond donors (Lipinski definition) is 1. The summed E-state index contributed by atoms with van der Waals surface area (Å²) >= 11 is 6.60. The summed E-state index contributed by atoms with van der Waals surface area (Å²) in [6, 6.07) is 3.59. The van der Waals surface area contributed by atoms with E-state index in [-0.39, 0.29) is 5.91 Å². The van der Waals surface area contributed by atoms with Crippen LogP contribution in [0.2, 0.25) is 0 Å². The zero-order valence-electron chi connectivity index (χ0n) is 12.1. The number of rotatable bonds is 2. The van der Waals surface area contributed by atoms with E-state index in [4.69, 9.17) is 5.73 Å². The van der Waals surface area contributed by atoms with Crippen LogP contribution in [0.5, 0.6) is 0 Å². The summed E-state index contributed by atoms with van der Waals surface area (Å²) in [7, 11) is 0. The maximum atomic E-state index is 12.7. The molecule has 0 radical (unpaired) electrons. The molecule has 2 rings (SSSR count). The van der Waals surface area contributed by atoms with E-state index in [1.807, 2.05) is 36.4 Å². The van der Waals surface area contributed by atoms with Crippen molar-refractivity contribution in [2.45, 2.75) is 32.9 Å². The van der Waals surface area contributed by atoms with Gasteiger partial charge in [-0.05, 0) is 105 Å². The molecule has 7 heteroatoms. The largest absolute Gasteiger partial charge is 0.368 e. The molecule has 0 spiro atoms. The number of amides is 2. The second-order valence-corrected chi connectivity index (χ2v) is 8.81. The lowest BCUT2D eigenvalue weighted by Crippen LogP contribution is -2.51. The summed E-state index contributed by atoms with van der Waals surface area (Å²) in [6.45, 7) is 4.21. The fourth-order valence-corrected chi connectivity index (χ4v) is 3.76. The number of halogens is 3. The maximum Gasteiger partial charge on any atom is 0.260 e. The normalized spacial score (nSPS) is 17.0. The van der Waals surface area contributed by atoms with Gasteiger partial charge < -0.3 is 10.6 Å². The molecule has 1 aliphatic heterocycles. The molecule has 0 fully saturated rings. The first kappa shape index (κ1) is 18.4. The average Bonchev–Trinajstić information content (AvgIpc) is 2.45. The molecule has 118 valence electrons. The van der Waals surface area contributed by atoms with E-state index >= 15 is 0 Å². The van der Waals surface area contributed by atoms with Gasteiger partial charge in [0.05, 0.1) is 3.58 Å². The van der Waals surface area contributed by atoms with Crippen molar-refractivity contribution in [3.63, 3.8) is 0 Å². The van der Waals surface area contributed by atoms with Crippen LogP contribution in [0.3, 0.4) is 0 Å². The Hall–Kier alpha value is 0.0900. The fraction of sp³-hybridized carbons (Fsp3) is 0.333. The van der Waals surface area contributed by atoms with Crippen molar-refractivity contribution in [2.75, 3.05) is 0 Å². The van der Waals surface area contributed by atoms with Gasteiger partial charge in [0, 0.05) is 20.1 Å². The van der Waals surface area contributed by atoms with E-state index in [9.17, 15) is 9.59 Å². The molecule has 1 atom stereocenters. The van der Waals surface area contributed by atoms with Gasteiger partial charge in [-0.3, -0.25) is 9.59 Å². The average molecular weight is 636 g/mol. The van der Waals surface area contributed by atoms with Crippen molar-refractivity contribution in [3.05, 3.63) is 39.6 Å². The van der Waals surface area contributed by atoms with Crippen LogP contribution in [0.15, 0.2) is 21.3 Å². The Morgan fingerprint density at radius 3 is 2.23 bits per heavy atom. The number of carbonyl (C=O) groups is 2. The Bertz CT molecular complexity index is 682. The molecule has 2 amide bonds. The molecule has 0 saturated heterocycles. The molecular formula is C15H15I3N2O2. The highest BCUT2D eigenvalue weighted by Crippen LogP contribution is 2.30. The van der Waals surface area contributed by atoms with E-state index in [0.29, 0.717) is 16.5 Å². The highest BCUT2D eigenvalue weighted by atomic mass is 127. The van der Waals surface area contributed by atoms with Crippen LogP contribution in [-0.2, 0) is 22.6 Å². The van der Waals surface area contributed by atoms with E-state index in [1.54, 1.807) is 4.90 Å². The third-order valence-electron chi connectivity index (χ3n) is 3.59. The predicted octanol–water partition coefficient (Wildman–Crippen LogP) is 3.36. The highest BCUT2D eigenvalue weighted by Gasteiger charge is 2.34. The number of benzene rings is 1. The van der Waals surface area contributed by atoms with Crippen LogP contribution in [0, 0.1) is 7.14 Å². The number of nitrogens with two attached hydrogens (primary N) is 1. The summed E-state index contributed by atoms with van der Waals surface area (Å²) in [5.41, 5.74) is 8.68. The molecule has 2 N–H and O–H groups in total. The number of nitrogens with zero attached hydrogens (tertiary/aromatic N) is 1. The third kappa shape index (κ3) is 3.77. The second-order valence-electron chi connectivity index (χ2n) is 5.40. The van der Waals surface area contributed by atoms with Crippen LogP contribution in [0.1, 0.15) is 25.0 Å². The topological polar surface area (TPSA) is 63.4 Å². The first-order valence-electron chi connectivity index (χ1n) is 6.62. The molecular weight excluding hydrogens is 621 g/mol. The molecule has 0 bridgehead atoms. The minimum absolute atomic E-state index is 0.122. The van der Waals surface area contributed by atoms with E-state index < -0.39 is 11.9 Å². The van der Waals surface area contributed by atoms with E-state index in [2.05, 4.69) is 57.3 Å². The van der Waals surface area contributed by atoms with Gasteiger partial charge in [0.25, 0.3) is 5.91 Å². The number of fused-ring (bicyclic) bond motifs is 1. The Balaban J connectivity index is 2.46. The summed E-state index contributed by atoms with van der Waals surface area (Å²) < 4.78 is 2.95. The van der Waals surface area contributed by atoms with Gasteiger partial charge in [-0.1, -0.05) is 5.57 Å². The Morgan fingerprint density at radius 2 is 1.73 bits per heavy atom. The molecule has 0 aromatic heterocycles. The number of primary amides is 1. The first-order chi connectivity index (χ1) is 10.2. The van der Waals surface area contributed by atoms with Gasteiger partial charge in [0.15, 0.2) is 0 Å². The third-order valence-corrected chi connectivity index (χ3v) is 7.95. The van der Waals surface area contributed by atoms with Crippen molar-refractivity contribution in [1.82, 2.24) is 4.90 Å². The lowest BCUT2D eigenvalue weighted by Gasteiger charge is -2.35. The van der Waals surface area contributed by atoms with Gasteiger partial charge in [0.1, 0.15) is 6.04 Å². The standard InChI is InChI=1S/C15H15I3N2O2/c1-7(2)13(18)15(22)20-6-9-4-11(17)10(16)3-8(9)5-12(20)14(19)21/h3-4,12H,5-6H2,1-2H3,(H2,19,21)/t12-/m0/s1. The molecule has 0 unspecified atom stereocenters. The van der Waals surface area contributed by atoms with Crippen molar-refractivity contribution in [3.8, 4) is 0 Å². The lowest BCUT2D eigenvalue weighted by molar-refractivity contribution is -0.137. The van der Waals surface area contributed by atoms with Gasteiger partial charge in [-0.15, -0.1) is 0 Å². The van der Waals surface area contributed by atoms with Gasteiger partial charge in [-0.25, -0.2) is 0 Å². The zero-order valence-corrected chi connectivity index (χ0v) is 18.6. The molecule has 0 saturated carbocycles. The van der Waals surface area contributed by atoms with Crippen LogP contribution < -0.4 is 5.73 Å². The molecule has 1 aromatic carbocycles. The molecule has 0 aliphatic carbocycles. The number of hydrogen-bond acceptors (Lipinski definition) is 2. The summed E-state index contributed by atoms with van der Waals surface area (Å²) in [4.78, 5) is 26.1. The predicted molar refractivity (Wildman–Crippen MR) is 112 cm³/mol. The van der Waals surface area contributed by atoms with Crippen LogP contribution in [0.25, 0.3) is 0 Å². The number of allylic oxidation sites excluding steroid dienone is 1. The maximum absolute atomic E-state index is 12.7. The van der Waals surface area contributed by atoms with Crippen LogP contribution >= 0.6 is 67.8 Å². The smallest absolute Gasteiger partial charge is 0.260 e. The lowest BCUT2D eigenvalue weighted by atomic mass is 9.93. The van der Waals surface area contributed by atoms with E-state index in [0.717, 1.165) is 23.8 Å². The number of carbonyl (C=O) groups excluding carboxylic acids is 2. The van der Waals surface area contributed by atoms with Gasteiger partial charge >= 0.3 is 0 Å². The monoisotopic (exact) mass is 636 g/mol. The van der Waals surface area contributed by atoms with Crippen molar-refractivity contribution in [2.24, 2.45) is 5.73 Å². The molecule has 22 heavy (non-hydrogen) atoms. The second kappa shape index (κ2) is 7.32. The Kier molecular flexibility index (Phi) is 6.14. The Labute approximate surface area is 170 Å². The van der Waals surface area contributed by atoms with Crippen molar-refractivity contribution >= 4 is 79.6 Å². The van der Waals surface area contributed by atoms with Gasteiger partial charge in [0.2, 0.25) is 5.91 Å². The molecule has 1 heterocycles. The van der Waals surface area contributed by atoms with E-state index in [1.165, 1.54) is 0 Å². The fourth-order valence-electron chi connectivity index (χ4n) is 2.39. The highest BCUT2D eigenvalue weighted by molar-refractivity contribution is 14.1. The SMILES string of the molecule is CC(C)=C(I)C(=O)N1Cc2cc(I)c(I)cc2C[C@H]1C(N)=O. The molecule has 1 aliphatic rings. The van der Waals surface area contributed by atoms with Crippen LogP contribution in [0.4, 0.5) is 0 Å². The van der Waals surface area contributed by atoms with Gasteiger partial charge in [-0.2, -0.15) is 0 Å². The molecule has 1 aromatic rings. The summed E-state index contributed by atoms with van der Waals surface area (Å²) in [5.74, 6) is -0.575.